The van der Waals surface area contributed by atoms with Crippen molar-refractivity contribution in [2.24, 2.45) is 0 Å². The summed E-state index contributed by atoms with van der Waals surface area (Å²) in [6, 6.07) is 13.6. The van der Waals surface area contributed by atoms with Gasteiger partial charge in [0.1, 0.15) is 17.6 Å². The van der Waals surface area contributed by atoms with Crippen LogP contribution in [0.25, 0.3) is 0 Å². The van der Waals surface area contributed by atoms with E-state index in [-0.39, 0.29) is 5.91 Å². The summed E-state index contributed by atoms with van der Waals surface area (Å²) in [5, 5.41) is 14.4. The molecule has 0 saturated carbocycles. The maximum Gasteiger partial charge on any atom is 0.265 e. The normalized spacial score (nSPS) is 11.0. The highest BCUT2D eigenvalue weighted by molar-refractivity contribution is 5.97. The van der Waals surface area contributed by atoms with Crippen LogP contribution in [0.2, 0.25) is 0 Å². The molecule has 2 N–H and O–H groups in total. The third-order valence-electron chi connectivity index (χ3n) is 3.46. The molecule has 1 atom stereocenters. The van der Waals surface area contributed by atoms with Crippen LogP contribution in [0.5, 0.6) is 11.5 Å². The number of anilines is 2. The number of nitrogens with zero attached hydrogens (tertiary/aromatic N) is 1. The number of amides is 2. The Morgan fingerprint density at radius 1 is 1.12 bits per heavy atom. The standard InChI is InChI=1S/C19H19N3O4/c1-12(26-17-7-5-4-6-14(17)11-20)19(24)22-16-10-15(21-13(2)23)8-9-18(16)25-3/h4-10,12H,1-3H3,(H,21,23)(H,22,24). The molecule has 0 aliphatic rings. The molecule has 0 fully saturated rings. The average molecular weight is 353 g/mol. The molecule has 0 aliphatic heterocycles. The monoisotopic (exact) mass is 353 g/mol. The van der Waals surface area contributed by atoms with E-state index in [2.05, 4.69) is 10.6 Å². The van der Waals surface area contributed by atoms with Gasteiger partial charge in [-0.15, -0.1) is 0 Å². The van der Waals surface area contributed by atoms with E-state index in [1.165, 1.54) is 14.0 Å². The van der Waals surface area contributed by atoms with Crippen molar-refractivity contribution in [3.8, 4) is 17.6 Å². The lowest BCUT2D eigenvalue weighted by molar-refractivity contribution is -0.122. The van der Waals surface area contributed by atoms with E-state index < -0.39 is 12.0 Å². The molecule has 0 aromatic heterocycles. The number of nitrogens with one attached hydrogen (secondary N) is 2. The lowest BCUT2D eigenvalue weighted by Crippen LogP contribution is -2.30. The molecular weight excluding hydrogens is 334 g/mol. The molecule has 7 heteroatoms. The van der Waals surface area contributed by atoms with Crippen LogP contribution in [0, 0.1) is 11.3 Å². The van der Waals surface area contributed by atoms with E-state index in [1.807, 2.05) is 6.07 Å². The molecule has 0 radical (unpaired) electrons. The highest BCUT2D eigenvalue weighted by Crippen LogP contribution is 2.28. The van der Waals surface area contributed by atoms with Crippen molar-refractivity contribution in [3.63, 3.8) is 0 Å². The van der Waals surface area contributed by atoms with Crippen LogP contribution >= 0.6 is 0 Å². The minimum Gasteiger partial charge on any atom is -0.495 e. The smallest absolute Gasteiger partial charge is 0.265 e. The minimum atomic E-state index is -0.848. The van der Waals surface area contributed by atoms with Crippen LogP contribution in [0.1, 0.15) is 19.4 Å². The van der Waals surface area contributed by atoms with Gasteiger partial charge in [0.2, 0.25) is 5.91 Å². The van der Waals surface area contributed by atoms with Crippen molar-refractivity contribution in [2.45, 2.75) is 20.0 Å². The summed E-state index contributed by atoms with van der Waals surface area (Å²) in [5.41, 5.74) is 1.27. The minimum absolute atomic E-state index is 0.225. The Morgan fingerprint density at radius 2 is 1.85 bits per heavy atom. The van der Waals surface area contributed by atoms with Gasteiger partial charge in [-0.05, 0) is 37.3 Å². The topological polar surface area (TPSA) is 100 Å². The Balaban J connectivity index is 2.15. The number of rotatable bonds is 6. The predicted octanol–water partition coefficient (Wildman–Crippen LogP) is 2.93. The van der Waals surface area contributed by atoms with Crippen molar-refractivity contribution in [2.75, 3.05) is 17.7 Å². The maximum absolute atomic E-state index is 12.5. The highest BCUT2D eigenvalue weighted by Gasteiger charge is 2.18. The lowest BCUT2D eigenvalue weighted by atomic mass is 10.2. The van der Waals surface area contributed by atoms with Gasteiger partial charge >= 0.3 is 0 Å². The molecule has 2 aromatic rings. The van der Waals surface area contributed by atoms with Crippen molar-refractivity contribution in [1.29, 1.82) is 5.26 Å². The van der Waals surface area contributed by atoms with Gasteiger partial charge in [-0.3, -0.25) is 9.59 Å². The SMILES string of the molecule is COc1ccc(NC(C)=O)cc1NC(=O)C(C)Oc1ccccc1C#N. The van der Waals surface area contributed by atoms with Crippen molar-refractivity contribution >= 4 is 23.2 Å². The van der Waals surface area contributed by atoms with E-state index in [1.54, 1.807) is 49.4 Å². The molecule has 0 spiro atoms. The first-order valence-electron chi connectivity index (χ1n) is 7.87. The average Bonchev–Trinajstić information content (AvgIpc) is 2.61. The van der Waals surface area contributed by atoms with E-state index in [0.717, 1.165) is 0 Å². The Bertz CT molecular complexity index is 858. The van der Waals surface area contributed by atoms with Gasteiger partial charge in [0.25, 0.3) is 5.91 Å². The number of hydrogen-bond acceptors (Lipinski definition) is 5. The van der Waals surface area contributed by atoms with Crippen molar-refractivity contribution < 1.29 is 19.1 Å². The first-order valence-corrected chi connectivity index (χ1v) is 7.87. The van der Waals surface area contributed by atoms with E-state index in [9.17, 15) is 9.59 Å². The molecule has 7 nitrogen and oxygen atoms in total. The summed E-state index contributed by atoms with van der Waals surface area (Å²) in [5.74, 6) is 0.127. The predicted molar refractivity (Wildman–Crippen MR) is 97.2 cm³/mol. The van der Waals surface area contributed by atoms with Crippen LogP contribution in [0.15, 0.2) is 42.5 Å². The van der Waals surface area contributed by atoms with Gasteiger partial charge in [0, 0.05) is 12.6 Å². The number of hydrogen-bond donors (Lipinski definition) is 2. The zero-order chi connectivity index (χ0) is 19.1. The van der Waals surface area contributed by atoms with E-state index in [4.69, 9.17) is 14.7 Å². The van der Waals surface area contributed by atoms with Crippen LogP contribution in [-0.2, 0) is 9.59 Å². The van der Waals surface area contributed by atoms with Crippen molar-refractivity contribution in [1.82, 2.24) is 0 Å². The number of benzene rings is 2. The molecule has 26 heavy (non-hydrogen) atoms. The first-order chi connectivity index (χ1) is 12.4. The number of methoxy groups -OCH3 is 1. The molecule has 2 amide bonds. The third kappa shape index (κ3) is 4.74. The summed E-state index contributed by atoms with van der Waals surface area (Å²) in [7, 11) is 1.48. The summed E-state index contributed by atoms with van der Waals surface area (Å²) in [6.07, 6.45) is -0.848. The quantitative estimate of drug-likeness (QED) is 0.831. The van der Waals surface area contributed by atoms with Gasteiger partial charge < -0.3 is 20.1 Å². The largest absolute Gasteiger partial charge is 0.495 e. The fraction of sp³-hybridized carbons (Fsp3) is 0.211. The Labute approximate surface area is 151 Å². The Hall–Kier alpha value is -3.53. The lowest BCUT2D eigenvalue weighted by Gasteiger charge is -2.17. The van der Waals surface area contributed by atoms with Crippen molar-refractivity contribution in [3.05, 3.63) is 48.0 Å². The van der Waals surface area contributed by atoms with E-state index >= 15 is 0 Å². The van der Waals surface area contributed by atoms with Crippen LogP contribution < -0.4 is 20.1 Å². The zero-order valence-electron chi connectivity index (χ0n) is 14.7. The second-order valence-corrected chi connectivity index (χ2v) is 5.45. The van der Waals surface area contributed by atoms with Crippen LogP contribution in [0.4, 0.5) is 11.4 Å². The Morgan fingerprint density at radius 3 is 2.50 bits per heavy atom. The molecule has 0 heterocycles. The fourth-order valence-electron chi connectivity index (χ4n) is 2.23. The van der Waals surface area contributed by atoms with Crippen LogP contribution in [-0.4, -0.2) is 25.0 Å². The molecule has 0 aliphatic carbocycles. The van der Waals surface area contributed by atoms with Gasteiger partial charge in [-0.1, -0.05) is 12.1 Å². The van der Waals surface area contributed by atoms with Gasteiger partial charge in [-0.25, -0.2) is 0 Å². The number of para-hydroxylation sites is 1. The summed E-state index contributed by atoms with van der Waals surface area (Å²) < 4.78 is 10.8. The second kappa shape index (κ2) is 8.53. The first kappa shape index (κ1) is 18.8. The molecule has 1 unspecified atom stereocenters. The van der Waals surface area contributed by atoms with Crippen LogP contribution in [0.3, 0.4) is 0 Å². The van der Waals surface area contributed by atoms with E-state index in [0.29, 0.717) is 28.4 Å². The highest BCUT2D eigenvalue weighted by atomic mass is 16.5. The molecule has 134 valence electrons. The second-order valence-electron chi connectivity index (χ2n) is 5.45. The van der Waals surface area contributed by atoms with Gasteiger partial charge in [0.15, 0.2) is 6.10 Å². The number of ether oxygens (including phenoxy) is 2. The summed E-state index contributed by atoms with van der Waals surface area (Å²) >= 11 is 0. The number of carbonyl (C=O) groups is 2. The third-order valence-corrected chi connectivity index (χ3v) is 3.46. The van der Waals surface area contributed by atoms with Gasteiger partial charge in [-0.2, -0.15) is 5.26 Å². The molecule has 2 aromatic carbocycles. The summed E-state index contributed by atoms with van der Waals surface area (Å²) in [6.45, 7) is 2.97. The number of nitriles is 1. The molecule has 0 saturated heterocycles. The number of carbonyl (C=O) groups excluding carboxylic acids is 2. The molecule has 0 bridgehead atoms. The molecular formula is C19H19N3O4. The van der Waals surface area contributed by atoms with Gasteiger partial charge in [0.05, 0.1) is 18.4 Å². The molecule has 2 rings (SSSR count). The summed E-state index contributed by atoms with van der Waals surface area (Å²) in [4.78, 5) is 23.7. The zero-order valence-corrected chi connectivity index (χ0v) is 14.7. The fourth-order valence-corrected chi connectivity index (χ4v) is 2.23. The Kier molecular flexibility index (Phi) is 6.17. The maximum atomic E-state index is 12.5.